The molecule has 0 bridgehead atoms. The number of carbonyl (C=O) groups excluding carboxylic acids is 1. The smallest absolute Gasteiger partial charge is 0.274 e. The SMILES string of the molecule is O=C(NCCN1CCCCC1CO)c1nc2ccc(Cl)cn2c1F. The number of aromatic nitrogens is 2. The molecule has 1 aliphatic heterocycles. The summed E-state index contributed by atoms with van der Waals surface area (Å²) >= 11 is 5.83. The largest absolute Gasteiger partial charge is 0.395 e. The Bertz CT molecular complexity index is 736. The Morgan fingerprint density at radius 3 is 3.08 bits per heavy atom. The Morgan fingerprint density at radius 2 is 2.29 bits per heavy atom. The molecule has 0 radical (unpaired) electrons. The van der Waals surface area contributed by atoms with Gasteiger partial charge in [0, 0.05) is 25.3 Å². The number of nitrogens with one attached hydrogen (secondary N) is 1. The number of imidazole rings is 1. The molecule has 0 aromatic carbocycles. The quantitative estimate of drug-likeness (QED) is 0.857. The van der Waals surface area contributed by atoms with Gasteiger partial charge in [-0.1, -0.05) is 18.0 Å². The molecule has 1 aliphatic rings. The summed E-state index contributed by atoms with van der Waals surface area (Å²) in [7, 11) is 0. The number of amides is 1. The molecule has 0 aliphatic carbocycles. The van der Waals surface area contributed by atoms with Crippen LogP contribution in [0.4, 0.5) is 4.39 Å². The van der Waals surface area contributed by atoms with Crippen molar-refractivity contribution in [3.8, 4) is 0 Å². The van der Waals surface area contributed by atoms with Crippen molar-refractivity contribution < 1.29 is 14.3 Å². The number of hydrogen-bond acceptors (Lipinski definition) is 4. The lowest BCUT2D eigenvalue weighted by molar-refractivity contribution is 0.0845. The maximum Gasteiger partial charge on any atom is 0.274 e. The molecule has 1 fully saturated rings. The number of piperidine rings is 1. The van der Waals surface area contributed by atoms with Gasteiger partial charge in [0.05, 0.1) is 11.6 Å². The first-order valence-corrected chi connectivity index (χ1v) is 8.44. The van der Waals surface area contributed by atoms with E-state index in [1.54, 1.807) is 12.1 Å². The summed E-state index contributed by atoms with van der Waals surface area (Å²) in [5.41, 5.74) is 0.0908. The minimum atomic E-state index is -0.726. The fourth-order valence-electron chi connectivity index (χ4n) is 3.09. The van der Waals surface area contributed by atoms with Crippen LogP contribution in [-0.4, -0.2) is 57.6 Å². The Morgan fingerprint density at radius 1 is 1.46 bits per heavy atom. The average Bonchev–Trinajstić information content (AvgIpc) is 2.92. The van der Waals surface area contributed by atoms with Crippen LogP contribution in [0.15, 0.2) is 18.3 Å². The maximum atomic E-state index is 14.3. The van der Waals surface area contributed by atoms with Gasteiger partial charge in [0.1, 0.15) is 5.65 Å². The number of aliphatic hydroxyl groups excluding tert-OH is 1. The molecule has 1 atom stereocenters. The Hall–Kier alpha value is -1.70. The molecule has 24 heavy (non-hydrogen) atoms. The Kier molecular flexibility index (Phi) is 5.33. The van der Waals surface area contributed by atoms with Gasteiger partial charge in [-0.25, -0.2) is 4.98 Å². The fraction of sp³-hybridized carbons (Fsp3) is 0.500. The second-order valence-corrected chi connectivity index (χ2v) is 6.39. The number of hydrogen-bond donors (Lipinski definition) is 2. The first-order valence-electron chi connectivity index (χ1n) is 8.06. The lowest BCUT2D eigenvalue weighted by Gasteiger charge is -2.34. The third-order valence-corrected chi connectivity index (χ3v) is 4.61. The number of halogens is 2. The fourth-order valence-corrected chi connectivity index (χ4v) is 3.25. The van der Waals surface area contributed by atoms with E-state index >= 15 is 0 Å². The van der Waals surface area contributed by atoms with E-state index in [2.05, 4.69) is 15.2 Å². The summed E-state index contributed by atoms with van der Waals surface area (Å²) < 4.78 is 15.5. The first-order chi connectivity index (χ1) is 11.6. The number of rotatable bonds is 5. The summed E-state index contributed by atoms with van der Waals surface area (Å²) in [6.07, 6.45) is 4.55. The van der Waals surface area contributed by atoms with E-state index in [0.29, 0.717) is 23.8 Å². The number of likely N-dealkylation sites (tertiary alicyclic amines) is 1. The van der Waals surface area contributed by atoms with Gasteiger partial charge in [-0.05, 0) is 31.5 Å². The van der Waals surface area contributed by atoms with Crippen LogP contribution < -0.4 is 5.32 Å². The summed E-state index contributed by atoms with van der Waals surface area (Å²) in [4.78, 5) is 18.4. The van der Waals surface area contributed by atoms with Crippen molar-refractivity contribution in [2.24, 2.45) is 0 Å². The Balaban J connectivity index is 1.62. The standard InChI is InChI=1S/C16H20ClFN4O2/c17-11-4-5-13-20-14(15(18)22(13)9-11)16(24)19-6-8-21-7-2-1-3-12(21)10-23/h4-5,9,12,23H,1-3,6-8,10H2,(H,19,24). The predicted molar refractivity (Wildman–Crippen MR) is 88.8 cm³/mol. The number of nitrogens with zero attached hydrogens (tertiary/aromatic N) is 3. The van der Waals surface area contributed by atoms with E-state index in [-0.39, 0.29) is 18.3 Å². The highest BCUT2D eigenvalue weighted by molar-refractivity contribution is 6.30. The second-order valence-electron chi connectivity index (χ2n) is 5.95. The van der Waals surface area contributed by atoms with Crippen molar-refractivity contribution in [3.05, 3.63) is 35.0 Å². The van der Waals surface area contributed by atoms with E-state index in [4.69, 9.17) is 11.6 Å². The van der Waals surface area contributed by atoms with Crippen LogP contribution >= 0.6 is 11.6 Å². The minimum absolute atomic E-state index is 0.121. The van der Waals surface area contributed by atoms with E-state index in [1.165, 1.54) is 6.20 Å². The molecule has 1 unspecified atom stereocenters. The van der Waals surface area contributed by atoms with E-state index in [0.717, 1.165) is 30.2 Å². The Labute approximate surface area is 144 Å². The highest BCUT2D eigenvalue weighted by Crippen LogP contribution is 2.17. The molecule has 1 saturated heterocycles. The van der Waals surface area contributed by atoms with Gasteiger partial charge < -0.3 is 10.4 Å². The van der Waals surface area contributed by atoms with Crippen LogP contribution in [0.2, 0.25) is 5.02 Å². The van der Waals surface area contributed by atoms with Crippen LogP contribution in [-0.2, 0) is 0 Å². The summed E-state index contributed by atoms with van der Waals surface area (Å²) in [5.74, 6) is -1.28. The lowest BCUT2D eigenvalue weighted by atomic mass is 10.0. The highest BCUT2D eigenvalue weighted by Gasteiger charge is 2.22. The summed E-state index contributed by atoms with van der Waals surface area (Å²) in [5, 5.41) is 12.4. The molecule has 1 amide bonds. The number of aliphatic hydroxyl groups is 1. The topological polar surface area (TPSA) is 69.9 Å². The zero-order valence-electron chi connectivity index (χ0n) is 13.2. The molecule has 3 heterocycles. The second kappa shape index (κ2) is 7.46. The van der Waals surface area contributed by atoms with E-state index in [9.17, 15) is 14.3 Å². The summed E-state index contributed by atoms with van der Waals surface area (Å²) in [6, 6.07) is 3.29. The minimum Gasteiger partial charge on any atom is -0.395 e. The van der Waals surface area contributed by atoms with Gasteiger partial charge in [-0.2, -0.15) is 4.39 Å². The summed E-state index contributed by atoms with van der Waals surface area (Å²) in [6.45, 7) is 2.03. The third-order valence-electron chi connectivity index (χ3n) is 4.38. The number of carbonyl (C=O) groups is 1. The molecule has 2 aromatic rings. The van der Waals surface area contributed by atoms with Crippen molar-refractivity contribution in [2.45, 2.75) is 25.3 Å². The van der Waals surface area contributed by atoms with Crippen molar-refractivity contribution in [1.82, 2.24) is 19.6 Å². The van der Waals surface area contributed by atoms with Gasteiger partial charge in [0.25, 0.3) is 5.91 Å². The maximum absolute atomic E-state index is 14.3. The normalized spacial score (nSPS) is 18.9. The predicted octanol–water partition coefficient (Wildman–Crippen LogP) is 1.70. The van der Waals surface area contributed by atoms with Crippen LogP contribution in [0.1, 0.15) is 29.8 Å². The zero-order chi connectivity index (χ0) is 17.1. The van der Waals surface area contributed by atoms with E-state index < -0.39 is 11.9 Å². The van der Waals surface area contributed by atoms with Gasteiger partial charge >= 0.3 is 0 Å². The van der Waals surface area contributed by atoms with Crippen molar-refractivity contribution in [2.75, 3.05) is 26.2 Å². The molecule has 6 nitrogen and oxygen atoms in total. The van der Waals surface area contributed by atoms with Gasteiger partial charge in [0.15, 0.2) is 5.69 Å². The van der Waals surface area contributed by atoms with Crippen LogP contribution in [0.5, 0.6) is 0 Å². The van der Waals surface area contributed by atoms with Crippen LogP contribution in [0, 0.1) is 5.95 Å². The molecule has 130 valence electrons. The molecule has 8 heteroatoms. The monoisotopic (exact) mass is 354 g/mol. The lowest BCUT2D eigenvalue weighted by Crippen LogP contribution is -2.45. The molecule has 3 rings (SSSR count). The molecule has 2 N–H and O–H groups in total. The van der Waals surface area contributed by atoms with Gasteiger partial charge in [-0.3, -0.25) is 14.1 Å². The number of fused-ring (bicyclic) bond motifs is 1. The van der Waals surface area contributed by atoms with Gasteiger partial charge in [0.2, 0.25) is 5.95 Å². The molecular weight excluding hydrogens is 335 g/mol. The molecular formula is C16H20ClFN4O2. The molecule has 2 aromatic heterocycles. The van der Waals surface area contributed by atoms with Crippen LogP contribution in [0.3, 0.4) is 0 Å². The van der Waals surface area contributed by atoms with Gasteiger partial charge in [-0.15, -0.1) is 0 Å². The van der Waals surface area contributed by atoms with Crippen molar-refractivity contribution in [3.63, 3.8) is 0 Å². The average molecular weight is 355 g/mol. The third kappa shape index (κ3) is 3.53. The molecule has 0 spiro atoms. The highest BCUT2D eigenvalue weighted by atomic mass is 35.5. The van der Waals surface area contributed by atoms with Crippen molar-refractivity contribution in [1.29, 1.82) is 0 Å². The first kappa shape index (κ1) is 17.1. The zero-order valence-corrected chi connectivity index (χ0v) is 14.0. The van der Waals surface area contributed by atoms with E-state index in [1.807, 2.05) is 0 Å². The van der Waals surface area contributed by atoms with Crippen molar-refractivity contribution >= 4 is 23.2 Å². The molecule has 0 saturated carbocycles. The van der Waals surface area contributed by atoms with Crippen LogP contribution in [0.25, 0.3) is 5.65 Å². The number of pyridine rings is 1.